The molecule has 140 valence electrons. The molecule has 1 heterocycles. The van der Waals surface area contributed by atoms with E-state index in [-0.39, 0.29) is 18.9 Å². The normalized spacial score (nSPS) is 11.8. The number of aromatic nitrogens is 1. The Hall–Kier alpha value is -2.03. The summed E-state index contributed by atoms with van der Waals surface area (Å²) >= 11 is 1.58. The maximum atomic E-state index is 12.1. The van der Waals surface area contributed by atoms with E-state index in [0.717, 1.165) is 28.1 Å². The Morgan fingerprint density at radius 2 is 2.04 bits per heavy atom. The topological polar surface area (TPSA) is 79.4 Å². The molecule has 2 rings (SSSR count). The lowest BCUT2D eigenvalue weighted by Gasteiger charge is -2.15. The van der Waals surface area contributed by atoms with E-state index in [0.29, 0.717) is 6.54 Å². The minimum atomic E-state index is -3.57. The van der Waals surface area contributed by atoms with Crippen molar-refractivity contribution >= 4 is 33.3 Å². The summed E-state index contributed by atoms with van der Waals surface area (Å²) in [6, 6.07) is 9.15. The van der Waals surface area contributed by atoms with Crippen LogP contribution in [0.25, 0.3) is 6.08 Å². The molecule has 1 N–H and O–H groups in total. The monoisotopic (exact) mass is 393 g/mol. The molecule has 0 atom stereocenters. The van der Waals surface area contributed by atoms with Crippen molar-refractivity contribution in [1.82, 2.24) is 14.6 Å². The molecule has 0 saturated heterocycles. The third kappa shape index (κ3) is 6.70. The second kappa shape index (κ2) is 9.61. The van der Waals surface area contributed by atoms with Crippen LogP contribution in [0.5, 0.6) is 0 Å². The van der Waals surface area contributed by atoms with Gasteiger partial charge in [-0.3, -0.25) is 4.79 Å². The Kier molecular flexibility index (Phi) is 7.50. The third-order valence-electron chi connectivity index (χ3n) is 3.61. The molecule has 0 saturated carbocycles. The van der Waals surface area contributed by atoms with Gasteiger partial charge in [0.25, 0.3) is 0 Å². The molecular formula is C18H23N3O3S2. The van der Waals surface area contributed by atoms with Crippen LogP contribution in [0, 0.1) is 0 Å². The minimum Gasteiger partial charge on any atom is -0.340 e. The van der Waals surface area contributed by atoms with Crippen LogP contribution >= 0.6 is 11.3 Å². The number of amides is 1. The SMILES string of the molecule is CCc1nc(CN(C)C(=O)CCNS(=O)(=O)/C=C/c2ccccc2)cs1. The molecule has 0 spiro atoms. The molecule has 1 aromatic heterocycles. The fourth-order valence-corrected chi connectivity index (χ4v) is 3.74. The van der Waals surface area contributed by atoms with Gasteiger partial charge in [0.1, 0.15) is 0 Å². The van der Waals surface area contributed by atoms with E-state index < -0.39 is 10.0 Å². The van der Waals surface area contributed by atoms with Crippen molar-refractivity contribution < 1.29 is 13.2 Å². The number of thiazole rings is 1. The summed E-state index contributed by atoms with van der Waals surface area (Å²) in [5, 5.41) is 4.09. The first-order chi connectivity index (χ1) is 12.4. The average Bonchev–Trinajstić information content (AvgIpc) is 3.08. The lowest BCUT2D eigenvalue weighted by molar-refractivity contribution is -0.130. The van der Waals surface area contributed by atoms with Crippen molar-refractivity contribution in [1.29, 1.82) is 0 Å². The van der Waals surface area contributed by atoms with Crippen LogP contribution in [-0.4, -0.2) is 37.8 Å². The average molecular weight is 394 g/mol. The third-order valence-corrected chi connectivity index (χ3v) is 5.75. The number of hydrogen-bond acceptors (Lipinski definition) is 5. The molecule has 26 heavy (non-hydrogen) atoms. The molecule has 1 amide bonds. The summed E-state index contributed by atoms with van der Waals surface area (Å²) in [5.41, 5.74) is 1.65. The number of carbonyl (C=O) groups is 1. The van der Waals surface area contributed by atoms with E-state index in [4.69, 9.17) is 0 Å². The summed E-state index contributed by atoms with van der Waals surface area (Å²) in [5.74, 6) is -0.134. The number of sulfonamides is 1. The predicted octanol–water partition coefficient (Wildman–Crippen LogP) is 2.64. The molecule has 0 unspecified atom stereocenters. The second-order valence-corrected chi connectivity index (χ2v) is 8.33. The maximum absolute atomic E-state index is 12.1. The first-order valence-corrected chi connectivity index (χ1v) is 10.7. The van der Waals surface area contributed by atoms with Gasteiger partial charge in [0.2, 0.25) is 15.9 Å². The van der Waals surface area contributed by atoms with Gasteiger partial charge < -0.3 is 4.90 Å². The van der Waals surface area contributed by atoms with Gasteiger partial charge in [-0.1, -0.05) is 37.3 Å². The van der Waals surface area contributed by atoms with Crippen LogP contribution in [0.15, 0.2) is 41.1 Å². The molecule has 6 nitrogen and oxygen atoms in total. The van der Waals surface area contributed by atoms with E-state index in [1.807, 2.05) is 42.6 Å². The highest BCUT2D eigenvalue weighted by molar-refractivity contribution is 7.92. The van der Waals surface area contributed by atoms with Crippen LogP contribution in [0.1, 0.15) is 29.6 Å². The Morgan fingerprint density at radius 3 is 2.69 bits per heavy atom. The zero-order valence-corrected chi connectivity index (χ0v) is 16.5. The molecule has 0 aliphatic heterocycles. The zero-order valence-electron chi connectivity index (χ0n) is 14.9. The number of nitrogens with one attached hydrogen (secondary N) is 1. The number of rotatable bonds is 9. The fourth-order valence-electron chi connectivity index (χ4n) is 2.19. The summed E-state index contributed by atoms with van der Waals surface area (Å²) in [7, 11) is -1.88. The van der Waals surface area contributed by atoms with Gasteiger partial charge in [-0.15, -0.1) is 11.3 Å². The number of carbonyl (C=O) groups excluding carboxylic acids is 1. The van der Waals surface area contributed by atoms with E-state index >= 15 is 0 Å². The molecule has 0 radical (unpaired) electrons. The molecular weight excluding hydrogens is 370 g/mol. The first-order valence-electron chi connectivity index (χ1n) is 8.29. The highest BCUT2D eigenvalue weighted by atomic mass is 32.2. The van der Waals surface area contributed by atoms with E-state index in [2.05, 4.69) is 9.71 Å². The van der Waals surface area contributed by atoms with Crippen molar-refractivity contribution in [3.05, 3.63) is 57.4 Å². The van der Waals surface area contributed by atoms with Crippen molar-refractivity contribution in [2.24, 2.45) is 0 Å². The lowest BCUT2D eigenvalue weighted by atomic mass is 10.2. The van der Waals surface area contributed by atoms with Gasteiger partial charge in [-0.25, -0.2) is 18.1 Å². The summed E-state index contributed by atoms with van der Waals surface area (Å²) in [6.07, 6.45) is 2.49. The van der Waals surface area contributed by atoms with Gasteiger partial charge in [0, 0.05) is 30.8 Å². The van der Waals surface area contributed by atoms with E-state index in [1.165, 1.54) is 6.08 Å². The van der Waals surface area contributed by atoms with Crippen LogP contribution in [-0.2, 0) is 27.8 Å². The number of benzene rings is 1. The van der Waals surface area contributed by atoms with Crippen molar-refractivity contribution in [3.63, 3.8) is 0 Å². The van der Waals surface area contributed by atoms with Crippen LogP contribution in [0.4, 0.5) is 0 Å². The van der Waals surface area contributed by atoms with Crippen molar-refractivity contribution in [2.75, 3.05) is 13.6 Å². The predicted molar refractivity (Wildman–Crippen MR) is 105 cm³/mol. The van der Waals surface area contributed by atoms with Gasteiger partial charge in [0.05, 0.1) is 17.2 Å². The zero-order chi connectivity index (χ0) is 19.0. The molecule has 0 bridgehead atoms. The van der Waals surface area contributed by atoms with Gasteiger partial charge in [0.15, 0.2) is 0 Å². The van der Waals surface area contributed by atoms with E-state index in [1.54, 1.807) is 23.3 Å². The summed E-state index contributed by atoms with van der Waals surface area (Å²) in [6.45, 7) is 2.52. The standard InChI is InChI=1S/C18H23N3O3S2/c1-3-17-20-16(14-25-17)13-21(2)18(22)9-11-19-26(23,24)12-10-15-7-5-4-6-8-15/h4-8,10,12,14,19H,3,9,11,13H2,1-2H3/b12-10+. The van der Waals surface area contributed by atoms with Gasteiger partial charge >= 0.3 is 0 Å². The molecule has 2 aromatic rings. The Morgan fingerprint density at radius 1 is 1.31 bits per heavy atom. The lowest BCUT2D eigenvalue weighted by Crippen LogP contribution is -2.31. The van der Waals surface area contributed by atoms with Crippen LogP contribution in [0.2, 0.25) is 0 Å². The summed E-state index contributed by atoms with van der Waals surface area (Å²) < 4.78 is 26.3. The number of hydrogen-bond donors (Lipinski definition) is 1. The molecule has 8 heteroatoms. The number of nitrogens with zero attached hydrogens (tertiary/aromatic N) is 2. The Balaban J connectivity index is 1.78. The number of aryl methyl sites for hydroxylation is 1. The molecule has 0 aliphatic rings. The second-order valence-electron chi connectivity index (χ2n) is 5.74. The smallest absolute Gasteiger partial charge is 0.233 e. The minimum absolute atomic E-state index is 0.0575. The van der Waals surface area contributed by atoms with Crippen LogP contribution in [0.3, 0.4) is 0 Å². The van der Waals surface area contributed by atoms with Gasteiger partial charge in [-0.2, -0.15) is 0 Å². The quantitative estimate of drug-likeness (QED) is 0.710. The Labute approximate surface area is 158 Å². The highest BCUT2D eigenvalue weighted by Gasteiger charge is 2.12. The molecule has 0 fully saturated rings. The molecule has 1 aromatic carbocycles. The molecule has 0 aliphatic carbocycles. The maximum Gasteiger partial charge on any atom is 0.233 e. The van der Waals surface area contributed by atoms with Crippen molar-refractivity contribution in [3.8, 4) is 0 Å². The summed E-state index contributed by atoms with van der Waals surface area (Å²) in [4.78, 5) is 18.1. The largest absolute Gasteiger partial charge is 0.340 e. The van der Waals surface area contributed by atoms with E-state index in [9.17, 15) is 13.2 Å². The fraction of sp³-hybridized carbons (Fsp3) is 0.333. The first kappa shape index (κ1) is 20.3. The van der Waals surface area contributed by atoms with Gasteiger partial charge in [-0.05, 0) is 18.1 Å². The highest BCUT2D eigenvalue weighted by Crippen LogP contribution is 2.12. The Bertz CT molecular complexity index is 846. The van der Waals surface area contributed by atoms with Crippen LogP contribution < -0.4 is 4.72 Å². The van der Waals surface area contributed by atoms with Crippen molar-refractivity contribution in [2.45, 2.75) is 26.3 Å².